The van der Waals surface area contributed by atoms with E-state index in [0.717, 1.165) is 34.4 Å². The average molecular weight is 390 g/mol. The van der Waals surface area contributed by atoms with Crippen molar-refractivity contribution >= 4 is 21.8 Å². The molecule has 2 aromatic carbocycles. The van der Waals surface area contributed by atoms with E-state index in [1.54, 1.807) is 14.2 Å². The molecule has 5 heteroatoms. The molecule has 1 fully saturated rings. The summed E-state index contributed by atoms with van der Waals surface area (Å²) in [6.07, 6.45) is 2.10. The molecule has 24 heavy (non-hydrogen) atoms. The maximum atomic E-state index is 13.0. The van der Waals surface area contributed by atoms with Gasteiger partial charge in [-0.3, -0.25) is 4.79 Å². The van der Waals surface area contributed by atoms with Crippen molar-refractivity contribution < 1.29 is 14.3 Å². The monoisotopic (exact) mass is 389 g/mol. The van der Waals surface area contributed by atoms with Gasteiger partial charge in [0, 0.05) is 21.6 Å². The van der Waals surface area contributed by atoms with Crippen LogP contribution in [0.3, 0.4) is 0 Å². The van der Waals surface area contributed by atoms with Crippen LogP contribution in [0.15, 0.2) is 46.9 Å². The number of carbonyl (C=O) groups is 1. The minimum atomic E-state index is 0.0451. The van der Waals surface area contributed by atoms with E-state index in [9.17, 15) is 4.79 Å². The van der Waals surface area contributed by atoms with Gasteiger partial charge in [0.1, 0.15) is 11.5 Å². The molecule has 126 valence electrons. The van der Waals surface area contributed by atoms with Crippen molar-refractivity contribution in [1.29, 1.82) is 0 Å². The highest BCUT2D eigenvalue weighted by Gasteiger charge is 2.33. The first-order chi connectivity index (χ1) is 11.6. The van der Waals surface area contributed by atoms with Gasteiger partial charge >= 0.3 is 0 Å². The van der Waals surface area contributed by atoms with Crippen molar-refractivity contribution in [1.82, 2.24) is 4.90 Å². The number of ether oxygens (including phenoxy) is 2. The summed E-state index contributed by atoms with van der Waals surface area (Å²) < 4.78 is 11.7. The first-order valence-corrected chi connectivity index (χ1v) is 8.69. The Morgan fingerprint density at radius 1 is 1.17 bits per heavy atom. The largest absolute Gasteiger partial charge is 0.497 e. The number of carbonyl (C=O) groups excluding carboxylic acids is 1. The maximum absolute atomic E-state index is 13.0. The summed E-state index contributed by atoms with van der Waals surface area (Å²) >= 11 is 3.43. The van der Waals surface area contributed by atoms with Crippen LogP contribution >= 0.6 is 15.9 Å². The van der Waals surface area contributed by atoms with E-state index in [1.165, 1.54) is 0 Å². The predicted octanol–water partition coefficient (Wildman–Crippen LogP) is 4.27. The number of hydrogen-bond donors (Lipinski definition) is 0. The average Bonchev–Trinajstić information content (AvgIpc) is 3.43. The maximum Gasteiger partial charge on any atom is 0.254 e. The van der Waals surface area contributed by atoms with Gasteiger partial charge in [-0.1, -0.05) is 22.0 Å². The van der Waals surface area contributed by atoms with Crippen LogP contribution in [-0.2, 0) is 6.54 Å². The second-order valence-corrected chi connectivity index (χ2v) is 6.77. The number of benzene rings is 2. The van der Waals surface area contributed by atoms with Crippen molar-refractivity contribution in [2.75, 3.05) is 14.2 Å². The fourth-order valence-electron chi connectivity index (χ4n) is 2.73. The summed E-state index contributed by atoms with van der Waals surface area (Å²) in [5.41, 5.74) is 1.64. The molecule has 0 unspecified atom stereocenters. The fraction of sp³-hybridized carbons (Fsp3) is 0.316. The van der Waals surface area contributed by atoms with Crippen LogP contribution in [-0.4, -0.2) is 31.1 Å². The molecule has 0 aliphatic heterocycles. The van der Waals surface area contributed by atoms with Crippen molar-refractivity contribution in [2.45, 2.75) is 25.4 Å². The Morgan fingerprint density at radius 2 is 1.96 bits per heavy atom. The number of nitrogens with zero attached hydrogens (tertiary/aromatic N) is 1. The highest BCUT2D eigenvalue weighted by Crippen LogP contribution is 2.33. The lowest BCUT2D eigenvalue weighted by Gasteiger charge is -2.24. The van der Waals surface area contributed by atoms with Crippen LogP contribution in [0.5, 0.6) is 11.5 Å². The minimum Gasteiger partial charge on any atom is -0.497 e. The van der Waals surface area contributed by atoms with E-state index in [0.29, 0.717) is 18.2 Å². The Labute approximate surface area is 150 Å². The van der Waals surface area contributed by atoms with Gasteiger partial charge in [-0.25, -0.2) is 0 Å². The Kier molecular flexibility index (Phi) is 5.09. The van der Waals surface area contributed by atoms with Crippen LogP contribution in [0.1, 0.15) is 28.8 Å². The minimum absolute atomic E-state index is 0.0451. The first-order valence-electron chi connectivity index (χ1n) is 7.90. The van der Waals surface area contributed by atoms with Gasteiger partial charge in [0.15, 0.2) is 0 Å². The third-order valence-corrected chi connectivity index (χ3v) is 4.64. The summed E-state index contributed by atoms with van der Waals surface area (Å²) in [4.78, 5) is 14.9. The Balaban J connectivity index is 1.88. The van der Waals surface area contributed by atoms with Gasteiger partial charge in [0.05, 0.1) is 20.8 Å². The molecular formula is C19H20BrNO3. The van der Waals surface area contributed by atoms with Crippen LogP contribution < -0.4 is 9.47 Å². The van der Waals surface area contributed by atoms with Crippen molar-refractivity contribution in [2.24, 2.45) is 0 Å². The molecule has 0 atom stereocenters. The molecule has 1 saturated carbocycles. The lowest BCUT2D eigenvalue weighted by atomic mass is 10.1. The van der Waals surface area contributed by atoms with Gasteiger partial charge in [-0.15, -0.1) is 0 Å². The lowest BCUT2D eigenvalue weighted by molar-refractivity contribution is 0.0728. The summed E-state index contributed by atoms with van der Waals surface area (Å²) in [5.74, 6) is 1.57. The molecule has 2 aromatic rings. The third-order valence-electron chi connectivity index (χ3n) is 4.15. The molecule has 0 radical (unpaired) electrons. The van der Waals surface area contributed by atoms with Crippen molar-refractivity contribution in [3.8, 4) is 11.5 Å². The normalized spacial score (nSPS) is 13.5. The van der Waals surface area contributed by atoms with E-state index in [2.05, 4.69) is 15.9 Å². The van der Waals surface area contributed by atoms with E-state index >= 15 is 0 Å². The number of rotatable bonds is 6. The topological polar surface area (TPSA) is 38.8 Å². The number of amides is 1. The summed E-state index contributed by atoms with van der Waals surface area (Å²) in [6, 6.07) is 13.5. The molecule has 0 saturated heterocycles. The van der Waals surface area contributed by atoms with Gasteiger partial charge in [-0.2, -0.15) is 0 Å². The zero-order valence-electron chi connectivity index (χ0n) is 13.8. The first kappa shape index (κ1) is 16.8. The SMILES string of the molecule is COc1ccc(OC)c(CN(C(=O)c2cccc(Br)c2)C2CC2)c1. The van der Waals surface area contributed by atoms with Crippen LogP contribution in [0.4, 0.5) is 0 Å². The van der Waals surface area contributed by atoms with Crippen molar-refractivity contribution in [3.05, 3.63) is 58.1 Å². The van der Waals surface area contributed by atoms with Gasteiger partial charge < -0.3 is 14.4 Å². The number of hydrogen-bond acceptors (Lipinski definition) is 3. The molecule has 0 aromatic heterocycles. The Morgan fingerprint density at radius 3 is 2.58 bits per heavy atom. The Hall–Kier alpha value is -2.01. The zero-order valence-corrected chi connectivity index (χ0v) is 15.4. The van der Waals surface area contributed by atoms with E-state index < -0.39 is 0 Å². The second-order valence-electron chi connectivity index (χ2n) is 5.85. The molecule has 0 N–H and O–H groups in total. The van der Waals surface area contributed by atoms with E-state index in [-0.39, 0.29) is 5.91 Å². The fourth-order valence-corrected chi connectivity index (χ4v) is 3.13. The smallest absolute Gasteiger partial charge is 0.254 e. The summed E-state index contributed by atoms with van der Waals surface area (Å²) in [6.45, 7) is 0.510. The molecule has 0 heterocycles. The van der Waals surface area contributed by atoms with Gasteiger partial charge in [-0.05, 0) is 49.2 Å². The number of methoxy groups -OCH3 is 2. The second kappa shape index (κ2) is 7.26. The standard InChI is InChI=1S/C19H20BrNO3/c1-23-17-8-9-18(24-2)14(11-17)12-21(16-6-7-16)19(22)13-4-3-5-15(20)10-13/h3-5,8-11,16H,6-7,12H2,1-2H3. The zero-order chi connectivity index (χ0) is 17.1. The molecule has 4 nitrogen and oxygen atoms in total. The molecule has 1 aliphatic carbocycles. The van der Waals surface area contributed by atoms with E-state index in [4.69, 9.17) is 9.47 Å². The predicted molar refractivity (Wildman–Crippen MR) is 96.6 cm³/mol. The molecule has 3 rings (SSSR count). The van der Waals surface area contributed by atoms with Crippen molar-refractivity contribution in [3.63, 3.8) is 0 Å². The lowest BCUT2D eigenvalue weighted by Crippen LogP contribution is -2.32. The highest BCUT2D eigenvalue weighted by atomic mass is 79.9. The van der Waals surface area contributed by atoms with E-state index in [1.807, 2.05) is 47.4 Å². The third kappa shape index (κ3) is 3.73. The Bertz CT molecular complexity index is 743. The molecule has 1 aliphatic rings. The molecule has 0 bridgehead atoms. The summed E-state index contributed by atoms with van der Waals surface area (Å²) in [5, 5.41) is 0. The van der Waals surface area contributed by atoms with Gasteiger partial charge in [0.25, 0.3) is 5.91 Å². The molecular weight excluding hydrogens is 370 g/mol. The van der Waals surface area contributed by atoms with Gasteiger partial charge in [0.2, 0.25) is 0 Å². The quantitative estimate of drug-likeness (QED) is 0.740. The number of halogens is 1. The van der Waals surface area contributed by atoms with Crippen LogP contribution in [0.25, 0.3) is 0 Å². The highest BCUT2D eigenvalue weighted by molar-refractivity contribution is 9.10. The summed E-state index contributed by atoms with van der Waals surface area (Å²) in [7, 11) is 3.28. The molecule has 1 amide bonds. The van der Waals surface area contributed by atoms with Crippen LogP contribution in [0, 0.1) is 0 Å². The molecule has 0 spiro atoms. The van der Waals surface area contributed by atoms with Crippen LogP contribution in [0.2, 0.25) is 0 Å².